The van der Waals surface area contributed by atoms with Gasteiger partial charge in [-0.3, -0.25) is 0 Å². The van der Waals surface area contributed by atoms with Gasteiger partial charge in [0.15, 0.2) is 0 Å². The molecule has 1 saturated carbocycles. The quantitative estimate of drug-likeness (QED) is 0.811. The molecular weight excluding hydrogens is 210 g/mol. The highest BCUT2D eigenvalue weighted by Gasteiger charge is 2.18. The molecule has 0 aliphatic heterocycles. The Balaban J connectivity index is 1.79. The van der Waals surface area contributed by atoms with Crippen LogP contribution in [-0.4, -0.2) is 18.7 Å². The average Bonchev–Trinajstić information content (AvgIpc) is 3.10. The zero-order valence-corrected chi connectivity index (χ0v) is 10.6. The molecule has 2 nitrogen and oxygen atoms in total. The lowest BCUT2D eigenvalue weighted by atomic mass is 10.2. The molecule has 17 heavy (non-hydrogen) atoms. The van der Waals surface area contributed by atoms with Gasteiger partial charge in [-0.25, -0.2) is 0 Å². The van der Waals surface area contributed by atoms with E-state index < -0.39 is 0 Å². The van der Waals surface area contributed by atoms with Crippen LogP contribution in [0.4, 0.5) is 0 Å². The Bertz CT molecular complexity index is 363. The summed E-state index contributed by atoms with van der Waals surface area (Å²) in [5.74, 6) is 0.938. The van der Waals surface area contributed by atoms with Gasteiger partial charge in [-0.05, 0) is 44.4 Å². The predicted molar refractivity (Wildman–Crippen MR) is 72.3 cm³/mol. The summed E-state index contributed by atoms with van der Waals surface area (Å²) in [7, 11) is 0. The Hall–Kier alpha value is -1.28. The van der Waals surface area contributed by atoms with Crippen LogP contribution in [0.5, 0.6) is 5.75 Å². The normalized spacial score (nSPS) is 15.7. The van der Waals surface area contributed by atoms with Crippen molar-refractivity contribution in [3.05, 3.63) is 35.9 Å². The molecule has 1 aromatic carbocycles. The van der Waals surface area contributed by atoms with Gasteiger partial charge in [0, 0.05) is 12.6 Å². The van der Waals surface area contributed by atoms with Crippen LogP contribution in [0.15, 0.2) is 30.3 Å². The largest absolute Gasteiger partial charge is 0.491 e. The summed E-state index contributed by atoms with van der Waals surface area (Å²) >= 11 is 0. The molecule has 2 heteroatoms. The van der Waals surface area contributed by atoms with Crippen LogP contribution >= 0.6 is 0 Å². The van der Waals surface area contributed by atoms with Gasteiger partial charge in [0.05, 0.1) is 6.10 Å². The van der Waals surface area contributed by atoms with Crippen molar-refractivity contribution >= 4 is 6.08 Å². The lowest BCUT2D eigenvalue weighted by Crippen LogP contribution is -2.15. The standard InChI is InChI=1S/C15H21NO/c1-12(2)17-15-9-5-13(6-10-15)4-3-11-16-14-7-8-14/h3-6,9-10,12,14,16H,7-8,11H2,1-2H3. The molecule has 2 rings (SSSR count). The molecule has 0 atom stereocenters. The average molecular weight is 231 g/mol. The third kappa shape index (κ3) is 4.61. The van der Waals surface area contributed by atoms with Crippen molar-refractivity contribution in [1.82, 2.24) is 5.32 Å². The van der Waals surface area contributed by atoms with Crippen LogP contribution in [0, 0.1) is 0 Å². The fraction of sp³-hybridized carbons (Fsp3) is 0.467. The highest BCUT2D eigenvalue weighted by Crippen LogP contribution is 2.18. The third-order valence-electron chi connectivity index (χ3n) is 2.66. The molecule has 0 unspecified atom stereocenters. The van der Waals surface area contributed by atoms with Crippen LogP contribution in [-0.2, 0) is 0 Å². The Labute approximate surface area is 104 Å². The molecule has 0 saturated heterocycles. The second-order valence-corrected chi connectivity index (χ2v) is 4.82. The molecule has 1 aromatic rings. The Morgan fingerprint density at radius 2 is 2.00 bits per heavy atom. The first-order chi connectivity index (χ1) is 8.24. The zero-order valence-electron chi connectivity index (χ0n) is 10.6. The number of nitrogens with one attached hydrogen (secondary N) is 1. The lowest BCUT2D eigenvalue weighted by molar-refractivity contribution is 0.242. The number of ether oxygens (including phenoxy) is 1. The van der Waals surface area contributed by atoms with Crippen molar-refractivity contribution in [1.29, 1.82) is 0 Å². The van der Waals surface area contributed by atoms with E-state index in [0.29, 0.717) is 0 Å². The van der Waals surface area contributed by atoms with E-state index in [0.717, 1.165) is 18.3 Å². The van der Waals surface area contributed by atoms with Crippen LogP contribution in [0.2, 0.25) is 0 Å². The van der Waals surface area contributed by atoms with Crippen molar-refractivity contribution in [2.75, 3.05) is 6.54 Å². The van der Waals surface area contributed by atoms with Crippen LogP contribution in [0.1, 0.15) is 32.3 Å². The Morgan fingerprint density at radius 3 is 2.59 bits per heavy atom. The van der Waals surface area contributed by atoms with E-state index in [2.05, 4.69) is 29.6 Å². The van der Waals surface area contributed by atoms with Crippen LogP contribution in [0.25, 0.3) is 6.08 Å². The van der Waals surface area contributed by atoms with Gasteiger partial charge in [-0.1, -0.05) is 24.3 Å². The van der Waals surface area contributed by atoms with Gasteiger partial charge >= 0.3 is 0 Å². The number of hydrogen-bond acceptors (Lipinski definition) is 2. The van der Waals surface area contributed by atoms with Crippen molar-refractivity contribution in [3.63, 3.8) is 0 Å². The first-order valence-corrected chi connectivity index (χ1v) is 6.40. The molecule has 0 spiro atoms. The lowest BCUT2D eigenvalue weighted by Gasteiger charge is -2.09. The van der Waals surface area contributed by atoms with Crippen LogP contribution < -0.4 is 10.1 Å². The molecule has 1 fully saturated rings. The van der Waals surface area contributed by atoms with Crippen LogP contribution in [0.3, 0.4) is 0 Å². The molecule has 0 bridgehead atoms. The van der Waals surface area contributed by atoms with E-state index >= 15 is 0 Å². The minimum absolute atomic E-state index is 0.235. The van der Waals surface area contributed by atoms with Gasteiger partial charge < -0.3 is 10.1 Å². The Morgan fingerprint density at radius 1 is 1.29 bits per heavy atom. The first-order valence-electron chi connectivity index (χ1n) is 6.40. The smallest absolute Gasteiger partial charge is 0.119 e. The molecule has 1 aliphatic rings. The van der Waals surface area contributed by atoms with Gasteiger partial charge in [0.1, 0.15) is 5.75 Å². The summed E-state index contributed by atoms with van der Waals surface area (Å²) in [4.78, 5) is 0. The molecule has 0 amide bonds. The maximum absolute atomic E-state index is 5.60. The fourth-order valence-corrected chi connectivity index (χ4v) is 1.65. The van der Waals surface area contributed by atoms with Crippen molar-refractivity contribution in [3.8, 4) is 5.75 Å². The summed E-state index contributed by atoms with van der Waals surface area (Å²) < 4.78 is 5.60. The highest BCUT2D eigenvalue weighted by atomic mass is 16.5. The van der Waals surface area contributed by atoms with Gasteiger partial charge in [0.2, 0.25) is 0 Å². The highest BCUT2D eigenvalue weighted by molar-refractivity contribution is 5.50. The summed E-state index contributed by atoms with van der Waals surface area (Å²) in [6.45, 7) is 5.05. The fourth-order valence-electron chi connectivity index (χ4n) is 1.65. The predicted octanol–water partition coefficient (Wildman–Crippen LogP) is 3.24. The molecular formula is C15H21NO. The van der Waals surface area contributed by atoms with Gasteiger partial charge in [0.25, 0.3) is 0 Å². The summed E-state index contributed by atoms with van der Waals surface area (Å²) in [5.41, 5.74) is 1.22. The third-order valence-corrected chi connectivity index (χ3v) is 2.66. The number of benzene rings is 1. The second kappa shape index (κ2) is 5.87. The van der Waals surface area contributed by atoms with E-state index in [1.807, 2.05) is 26.0 Å². The van der Waals surface area contributed by atoms with E-state index in [4.69, 9.17) is 4.74 Å². The monoisotopic (exact) mass is 231 g/mol. The Kier molecular flexibility index (Phi) is 4.21. The number of hydrogen-bond donors (Lipinski definition) is 1. The molecule has 0 radical (unpaired) electrons. The van der Waals surface area contributed by atoms with Crippen molar-refractivity contribution < 1.29 is 4.74 Å². The van der Waals surface area contributed by atoms with E-state index in [9.17, 15) is 0 Å². The van der Waals surface area contributed by atoms with Gasteiger partial charge in [-0.15, -0.1) is 0 Å². The second-order valence-electron chi connectivity index (χ2n) is 4.82. The summed E-state index contributed by atoms with van der Waals surface area (Å²) in [6, 6.07) is 9.00. The zero-order chi connectivity index (χ0) is 12.1. The summed E-state index contributed by atoms with van der Waals surface area (Å²) in [5, 5.41) is 3.45. The molecule has 1 N–H and O–H groups in total. The number of rotatable bonds is 6. The molecule has 0 heterocycles. The maximum atomic E-state index is 5.60. The molecule has 92 valence electrons. The van der Waals surface area contributed by atoms with E-state index in [1.165, 1.54) is 18.4 Å². The molecule has 0 aromatic heterocycles. The minimum Gasteiger partial charge on any atom is -0.491 e. The van der Waals surface area contributed by atoms with Crippen molar-refractivity contribution in [2.45, 2.75) is 38.8 Å². The van der Waals surface area contributed by atoms with E-state index in [-0.39, 0.29) is 6.10 Å². The minimum atomic E-state index is 0.235. The van der Waals surface area contributed by atoms with E-state index in [1.54, 1.807) is 0 Å². The van der Waals surface area contributed by atoms with Gasteiger partial charge in [-0.2, -0.15) is 0 Å². The SMILES string of the molecule is CC(C)Oc1ccc(C=CCNC2CC2)cc1. The topological polar surface area (TPSA) is 21.3 Å². The summed E-state index contributed by atoms with van der Waals surface area (Å²) in [6.07, 6.45) is 7.24. The van der Waals surface area contributed by atoms with Crippen molar-refractivity contribution in [2.24, 2.45) is 0 Å². The maximum Gasteiger partial charge on any atom is 0.119 e. The first kappa shape index (κ1) is 12.2. The molecule has 1 aliphatic carbocycles.